The molecule has 126 valence electrons. The van der Waals surface area contributed by atoms with Crippen molar-refractivity contribution in [1.29, 1.82) is 0 Å². The number of piperazine rings is 1. The summed E-state index contributed by atoms with van der Waals surface area (Å²) in [5, 5.41) is 5.15. The van der Waals surface area contributed by atoms with E-state index in [1.54, 1.807) is 16.7 Å². The molecule has 1 aliphatic rings. The molecule has 6 nitrogen and oxygen atoms in total. The van der Waals surface area contributed by atoms with Gasteiger partial charge >= 0.3 is 12.1 Å². The van der Waals surface area contributed by atoms with Crippen LogP contribution in [0.2, 0.25) is 0 Å². The largest absolute Gasteiger partial charge is 0.450 e. The van der Waals surface area contributed by atoms with Crippen molar-refractivity contribution in [2.24, 2.45) is 0 Å². The summed E-state index contributed by atoms with van der Waals surface area (Å²) in [6.07, 6.45) is -0.313. The molecule has 6 heteroatoms. The van der Waals surface area contributed by atoms with E-state index in [1.165, 1.54) is 0 Å². The van der Waals surface area contributed by atoms with Crippen molar-refractivity contribution in [3.05, 3.63) is 42.5 Å². The van der Waals surface area contributed by atoms with Crippen molar-refractivity contribution < 1.29 is 14.3 Å². The number of urea groups is 1. The Bertz CT molecular complexity index is 739. The molecule has 0 unspecified atom stereocenters. The molecule has 1 fully saturated rings. The Labute approximate surface area is 141 Å². The molecular formula is C18H21N3O3. The van der Waals surface area contributed by atoms with E-state index in [4.69, 9.17) is 4.74 Å². The number of nitrogens with zero attached hydrogens (tertiary/aromatic N) is 2. The number of amides is 3. The Hall–Kier alpha value is -2.76. The van der Waals surface area contributed by atoms with E-state index in [1.807, 2.05) is 42.5 Å². The summed E-state index contributed by atoms with van der Waals surface area (Å²) in [6, 6.07) is 13.7. The Kier molecular flexibility index (Phi) is 4.84. The maximum atomic E-state index is 12.4. The van der Waals surface area contributed by atoms with Gasteiger partial charge in [-0.05, 0) is 29.8 Å². The van der Waals surface area contributed by atoms with E-state index in [0.717, 1.165) is 16.5 Å². The Morgan fingerprint density at radius 1 is 1.00 bits per heavy atom. The van der Waals surface area contributed by atoms with Gasteiger partial charge in [-0.15, -0.1) is 0 Å². The van der Waals surface area contributed by atoms with Crippen LogP contribution in [0, 0.1) is 0 Å². The number of anilines is 1. The van der Waals surface area contributed by atoms with E-state index < -0.39 is 0 Å². The predicted octanol–water partition coefficient (Wildman–Crippen LogP) is 3.15. The number of hydrogen-bond acceptors (Lipinski definition) is 3. The lowest BCUT2D eigenvalue weighted by atomic mass is 10.1. The number of fused-ring (bicyclic) bond motifs is 1. The summed E-state index contributed by atoms with van der Waals surface area (Å²) >= 11 is 0. The molecule has 24 heavy (non-hydrogen) atoms. The van der Waals surface area contributed by atoms with E-state index in [2.05, 4.69) is 5.32 Å². The molecule has 2 aromatic rings. The Morgan fingerprint density at radius 3 is 2.38 bits per heavy atom. The molecule has 0 spiro atoms. The third-order valence-electron chi connectivity index (χ3n) is 4.09. The number of benzene rings is 2. The maximum absolute atomic E-state index is 12.4. The van der Waals surface area contributed by atoms with Crippen LogP contribution in [-0.2, 0) is 4.74 Å². The minimum absolute atomic E-state index is 0.145. The quantitative estimate of drug-likeness (QED) is 0.922. The predicted molar refractivity (Wildman–Crippen MR) is 93.1 cm³/mol. The smallest absolute Gasteiger partial charge is 0.409 e. The fourth-order valence-electron chi connectivity index (χ4n) is 2.78. The summed E-state index contributed by atoms with van der Waals surface area (Å²) in [5.74, 6) is 0. The van der Waals surface area contributed by atoms with Crippen molar-refractivity contribution in [2.45, 2.75) is 6.92 Å². The van der Waals surface area contributed by atoms with Crippen molar-refractivity contribution in [3.63, 3.8) is 0 Å². The summed E-state index contributed by atoms with van der Waals surface area (Å²) in [5.41, 5.74) is 0.770. The standard InChI is InChI=1S/C18H21N3O3/c1-2-24-18(23)21-11-9-20(10-12-21)17(22)19-16-8-7-14-5-3-4-6-15(14)13-16/h3-8,13H,2,9-12H2,1H3,(H,19,22). The molecule has 0 saturated carbocycles. The van der Waals surface area contributed by atoms with Gasteiger partial charge in [0, 0.05) is 31.9 Å². The molecular weight excluding hydrogens is 306 g/mol. The number of rotatable bonds is 2. The fourth-order valence-corrected chi connectivity index (χ4v) is 2.78. The zero-order valence-electron chi connectivity index (χ0n) is 13.7. The van der Waals surface area contributed by atoms with Crippen LogP contribution in [-0.4, -0.2) is 54.7 Å². The molecule has 0 aromatic heterocycles. The minimum atomic E-state index is -0.313. The van der Waals surface area contributed by atoms with Crippen molar-refractivity contribution in [1.82, 2.24) is 9.80 Å². The molecule has 1 saturated heterocycles. The lowest BCUT2D eigenvalue weighted by Gasteiger charge is -2.34. The zero-order chi connectivity index (χ0) is 16.9. The van der Waals surface area contributed by atoms with Crippen LogP contribution in [0.5, 0.6) is 0 Å². The van der Waals surface area contributed by atoms with Crippen LogP contribution in [0.3, 0.4) is 0 Å². The van der Waals surface area contributed by atoms with Gasteiger partial charge in [0.15, 0.2) is 0 Å². The second-order valence-corrected chi connectivity index (χ2v) is 5.67. The van der Waals surface area contributed by atoms with Gasteiger partial charge in [-0.1, -0.05) is 30.3 Å². The zero-order valence-corrected chi connectivity index (χ0v) is 13.7. The first-order valence-corrected chi connectivity index (χ1v) is 8.14. The van der Waals surface area contributed by atoms with E-state index in [-0.39, 0.29) is 12.1 Å². The molecule has 1 N–H and O–H groups in total. The highest BCUT2D eigenvalue weighted by molar-refractivity contribution is 5.93. The molecule has 0 radical (unpaired) electrons. The molecule has 0 atom stereocenters. The van der Waals surface area contributed by atoms with Crippen molar-refractivity contribution in [3.8, 4) is 0 Å². The highest BCUT2D eigenvalue weighted by Gasteiger charge is 2.24. The van der Waals surface area contributed by atoms with Crippen LogP contribution < -0.4 is 5.32 Å². The molecule has 1 aliphatic heterocycles. The van der Waals surface area contributed by atoms with Gasteiger partial charge < -0.3 is 19.9 Å². The summed E-state index contributed by atoms with van der Waals surface area (Å²) in [4.78, 5) is 27.4. The second kappa shape index (κ2) is 7.21. The van der Waals surface area contributed by atoms with E-state index in [9.17, 15) is 9.59 Å². The van der Waals surface area contributed by atoms with Gasteiger partial charge in [0.25, 0.3) is 0 Å². The highest BCUT2D eigenvalue weighted by atomic mass is 16.6. The van der Waals surface area contributed by atoms with Gasteiger partial charge in [-0.25, -0.2) is 9.59 Å². The van der Waals surface area contributed by atoms with Crippen molar-refractivity contribution in [2.75, 3.05) is 38.1 Å². The van der Waals surface area contributed by atoms with Gasteiger partial charge in [-0.3, -0.25) is 0 Å². The van der Waals surface area contributed by atoms with Crippen LogP contribution >= 0.6 is 0 Å². The Balaban J connectivity index is 1.58. The van der Waals surface area contributed by atoms with Crippen molar-refractivity contribution >= 4 is 28.6 Å². The fraction of sp³-hybridized carbons (Fsp3) is 0.333. The number of nitrogens with one attached hydrogen (secondary N) is 1. The number of ether oxygens (including phenoxy) is 1. The second-order valence-electron chi connectivity index (χ2n) is 5.67. The lowest BCUT2D eigenvalue weighted by Crippen LogP contribution is -2.51. The molecule has 0 bridgehead atoms. The number of carbonyl (C=O) groups excluding carboxylic acids is 2. The average Bonchev–Trinajstić information content (AvgIpc) is 2.62. The average molecular weight is 327 g/mol. The first-order valence-electron chi connectivity index (χ1n) is 8.14. The van der Waals surface area contributed by atoms with Crippen LogP contribution in [0.4, 0.5) is 15.3 Å². The molecule has 2 aromatic carbocycles. The number of hydrogen-bond donors (Lipinski definition) is 1. The summed E-state index contributed by atoms with van der Waals surface area (Å²) in [7, 11) is 0. The van der Waals surface area contributed by atoms with E-state index >= 15 is 0 Å². The van der Waals surface area contributed by atoms with Gasteiger partial charge in [-0.2, -0.15) is 0 Å². The van der Waals surface area contributed by atoms with Gasteiger partial charge in [0.1, 0.15) is 0 Å². The summed E-state index contributed by atoms with van der Waals surface area (Å²) in [6.45, 7) is 4.12. The minimum Gasteiger partial charge on any atom is -0.450 e. The van der Waals surface area contributed by atoms with E-state index in [0.29, 0.717) is 32.8 Å². The van der Waals surface area contributed by atoms with Crippen LogP contribution in [0.15, 0.2) is 42.5 Å². The first kappa shape index (κ1) is 16.1. The highest BCUT2D eigenvalue weighted by Crippen LogP contribution is 2.19. The maximum Gasteiger partial charge on any atom is 0.409 e. The molecule has 3 rings (SSSR count). The third-order valence-corrected chi connectivity index (χ3v) is 4.09. The van der Waals surface area contributed by atoms with Gasteiger partial charge in [0.05, 0.1) is 6.61 Å². The molecule has 1 heterocycles. The Morgan fingerprint density at radius 2 is 1.67 bits per heavy atom. The lowest BCUT2D eigenvalue weighted by molar-refractivity contribution is 0.0868. The SMILES string of the molecule is CCOC(=O)N1CCN(C(=O)Nc2ccc3ccccc3c2)CC1. The monoisotopic (exact) mass is 327 g/mol. The third kappa shape index (κ3) is 3.59. The van der Waals surface area contributed by atoms with Crippen LogP contribution in [0.25, 0.3) is 10.8 Å². The van der Waals surface area contributed by atoms with Gasteiger partial charge in [0.2, 0.25) is 0 Å². The topological polar surface area (TPSA) is 61.9 Å². The normalized spacial score (nSPS) is 14.5. The molecule has 3 amide bonds. The number of carbonyl (C=O) groups is 2. The first-order chi connectivity index (χ1) is 11.7. The molecule has 0 aliphatic carbocycles. The summed E-state index contributed by atoms with van der Waals surface area (Å²) < 4.78 is 4.98. The van der Waals surface area contributed by atoms with Crippen LogP contribution in [0.1, 0.15) is 6.92 Å².